The number of anilines is 1. The summed E-state index contributed by atoms with van der Waals surface area (Å²) < 4.78 is 7.51. The molecular weight excluding hydrogens is 382 g/mol. The van der Waals surface area contributed by atoms with Crippen LogP contribution in [0.2, 0.25) is 0 Å². The standard InChI is InChI=1S/C18H19N5O4S/c1-28-14-13(25)11(7-24)27-18(14)23-9-21-12-15(19-8-20-16(12)23)22-17(26)10-5-3-2-4-6-10/h2-6,8-9,11,13-14,18,24-25H,7H2,1H3,(H,19,20,22,26)/t11-,13-,14?,18-/m1/s1. The molecule has 1 saturated heterocycles. The van der Waals surface area contributed by atoms with Crippen LogP contribution in [-0.2, 0) is 4.74 Å². The van der Waals surface area contributed by atoms with Gasteiger partial charge in [-0.25, -0.2) is 15.0 Å². The van der Waals surface area contributed by atoms with Crippen molar-refractivity contribution in [3.05, 3.63) is 48.5 Å². The quantitative estimate of drug-likeness (QED) is 0.580. The third kappa shape index (κ3) is 3.24. The molecule has 0 radical (unpaired) electrons. The first kappa shape index (κ1) is 18.8. The molecule has 0 spiro atoms. The zero-order valence-electron chi connectivity index (χ0n) is 15.0. The molecule has 3 N–H and O–H groups in total. The number of ether oxygens (including phenoxy) is 1. The van der Waals surface area contributed by atoms with Gasteiger partial charge in [-0.1, -0.05) is 18.2 Å². The first-order chi connectivity index (χ1) is 13.6. The first-order valence-corrected chi connectivity index (χ1v) is 9.94. The number of carbonyl (C=O) groups excluding carboxylic acids is 1. The lowest BCUT2D eigenvalue weighted by atomic mass is 10.2. The summed E-state index contributed by atoms with van der Waals surface area (Å²) in [5, 5.41) is 22.3. The number of aromatic nitrogens is 4. The number of fused-ring (bicyclic) bond motifs is 1. The van der Waals surface area contributed by atoms with Crippen molar-refractivity contribution >= 4 is 34.7 Å². The second-order valence-corrected chi connectivity index (χ2v) is 7.32. The average Bonchev–Trinajstić information content (AvgIpc) is 3.29. The Kier molecular flexibility index (Phi) is 5.27. The smallest absolute Gasteiger partial charge is 0.256 e. The summed E-state index contributed by atoms with van der Waals surface area (Å²) in [6, 6.07) is 8.81. The number of carbonyl (C=O) groups is 1. The lowest BCUT2D eigenvalue weighted by Gasteiger charge is -2.19. The molecule has 4 atom stereocenters. The number of nitrogens with zero attached hydrogens (tertiary/aromatic N) is 4. The predicted octanol–water partition coefficient (Wildman–Crippen LogP) is 1.06. The summed E-state index contributed by atoms with van der Waals surface area (Å²) in [5.41, 5.74) is 1.38. The van der Waals surface area contributed by atoms with Crippen LogP contribution in [0.1, 0.15) is 16.6 Å². The SMILES string of the molecule is CSC1[C@H](n2cnc3c(NC(=O)c4ccccc4)ncnc32)O[C@H](CO)[C@H]1O. The Bertz CT molecular complexity index is 983. The maximum absolute atomic E-state index is 12.4. The highest BCUT2D eigenvalue weighted by Crippen LogP contribution is 2.38. The van der Waals surface area contributed by atoms with Gasteiger partial charge in [0.1, 0.15) is 12.4 Å². The number of aliphatic hydroxyl groups is 2. The number of rotatable bonds is 5. The zero-order chi connectivity index (χ0) is 19.7. The number of hydrogen-bond donors (Lipinski definition) is 3. The lowest BCUT2D eigenvalue weighted by Crippen LogP contribution is -2.31. The van der Waals surface area contributed by atoms with E-state index in [2.05, 4.69) is 20.3 Å². The summed E-state index contributed by atoms with van der Waals surface area (Å²) >= 11 is 1.44. The van der Waals surface area contributed by atoms with Crippen LogP contribution in [0.15, 0.2) is 43.0 Å². The van der Waals surface area contributed by atoms with Crippen molar-refractivity contribution in [2.75, 3.05) is 18.2 Å². The Labute approximate surface area is 164 Å². The van der Waals surface area contributed by atoms with E-state index in [-0.39, 0.29) is 23.6 Å². The number of benzene rings is 1. The molecule has 0 saturated carbocycles. The molecule has 3 aromatic rings. The van der Waals surface area contributed by atoms with Crippen LogP contribution < -0.4 is 5.32 Å². The summed E-state index contributed by atoms with van der Waals surface area (Å²) in [6.45, 7) is -0.283. The minimum Gasteiger partial charge on any atom is -0.394 e. The van der Waals surface area contributed by atoms with E-state index in [1.807, 2.05) is 12.3 Å². The highest BCUT2D eigenvalue weighted by Gasteiger charge is 2.44. The van der Waals surface area contributed by atoms with E-state index < -0.39 is 18.4 Å². The molecule has 1 aliphatic heterocycles. The van der Waals surface area contributed by atoms with Gasteiger partial charge in [0, 0.05) is 5.56 Å². The fourth-order valence-electron chi connectivity index (χ4n) is 3.25. The van der Waals surface area contributed by atoms with Gasteiger partial charge in [0.25, 0.3) is 5.91 Å². The number of nitrogens with one attached hydrogen (secondary N) is 1. The van der Waals surface area contributed by atoms with E-state index in [9.17, 15) is 15.0 Å². The molecule has 1 amide bonds. The van der Waals surface area contributed by atoms with Crippen LogP contribution in [0.4, 0.5) is 5.82 Å². The summed E-state index contributed by atoms with van der Waals surface area (Å²) in [4.78, 5) is 25.2. The first-order valence-electron chi connectivity index (χ1n) is 8.65. The zero-order valence-corrected chi connectivity index (χ0v) is 15.8. The third-order valence-electron chi connectivity index (χ3n) is 4.67. The molecule has 28 heavy (non-hydrogen) atoms. The molecule has 4 rings (SSSR count). The fraction of sp³-hybridized carbons (Fsp3) is 0.333. The number of hydrogen-bond acceptors (Lipinski definition) is 8. The maximum atomic E-state index is 12.4. The Morgan fingerprint density at radius 2 is 2.07 bits per heavy atom. The number of imidazole rings is 1. The van der Waals surface area contributed by atoms with Crippen LogP contribution >= 0.6 is 11.8 Å². The molecule has 1 aliphatic rings. The highest BCUT2D eigenvalue weighted by molar-refractivity contribution is 7.99. The minimum atomic E-state index is -0.818. The van der Waals surface area contributed by atoms with Gasteiger partial charge >= 0.3 is 0 Å². The summed E-state index contributed by atoms with van der Waals surface area (Å²) in [5.74, 6) is -0.0134. The van der Waals surface area contributed by atoms with Gasteiger partial charge in [-0.15, -0.1) is 0 Å². The molecule has 1 unspecified atom stereocenters. The number of aliphatic hydroxyl groups excluding tert-OH is 2. The number of amides is 1. The van der Waals surface area contributed by atoms with Gasteiger partial charge in [-0.3, -0.25) is 9.36 Å². The van der Waals surface area contributed by atoms with E-state index in [1.165, 1.54) is 24.4 Å². The Morgan fingerprint density at radius 1 is 1.29 bits per heavy atom. The van der Waals surface area contributed by atoms with Gasteiger partial charge in [0.05, 0.1) is 24.3 Å². The van der Waals surface area contributed by atoms with Crippen LogP contribution in [-0.4, -0.2) is 66.0 Å². The van der Waals surface area contributed by atoms with E-state index >= 15 is 0 Å². The normalized spacial score (nSPS) is 24.5. The highest BCUT2D eigenvalue weighted by atomic mass is 32.2. The second-order valence-electron chi connectivity index (χ2n) is 6.31. The van der Waals surface area contributed by atoms with Crippen LogP contribution in [0.3, 0.4) is 0 Å². The van der Waals surface area contributed by atoms with Crippen molar-refractivity contribution in [2.24, 2.45) is 0 Å². The molecule has 10 heteroatoms. The fourth-order valence-corrected chi connectivity index (χ4v) is 4.13. The van der Waals surface area contributed by atoms with Crippen molar-refractivity contribution < 1.29 is 19.7 Å². The Hall–Kier alpha value is -2.53. The topological polar surface area (TPSA) is 122 Å². The Morgan fingerprint density at radius 3 is 2.79 bits per heavy atom. The maximum Gasteiger partial charge on any atom is 0.256 e. The molecule has 0 aliphatic carbocycles. The van der Waals surface area contributed by atoms with Crippen LogP contribution in [0.5, 0.6) is 0 Å². The van der Waals surface area contributed by atoms with Crippen molar-refractivity contribution in [3.8, 4) is 0 Å². The molecule has 146 valence electrons. The largest absolute Gasteiger partial charge is 0.394 e. The van der Waals surface area contributed by atoms with Gasteiger partial charge < -0.3 is 20.3 Å². The van der Waals surface area contributed by atoms with E-state index in [0.29, 0.717) is 16.7 Å². The number of thioether (sulfide) groups is 1. The van der Waals surface area contributed by atoms with E-state index in [1.54, 1.807) is 28.8 Å². The Balaban J connectivity index is 1.66. The van der Waals surface area contributed by atoms with Gasteiger partial charge in [-0.2, -0.15) is 11.8 Å². The van der Waals surface area contributed by atoms with E-state index in [0.717, 1.165) is 0 Å². The average molecular weight is 401 g/mol. The van der Waals surface area contributed by atoms with Gasteiger partial charge in [-0.05, 0) is 18.4 Å². The molecule has 2 aromatic heterocycles. The third-order valence-corrected chi connectivity index (χ3v) is 5.72. The predicted molar refractivity (Wildman–Crippen MR) is 104 cm³/mol. The van der Waals surface area contributed by atoms with Crippen molar-refractivity contribution in [1.29, 1.82) is 0 Å². The van der Waals surface area contributed by atoms with Crippen molar-refractivity contribution in [2.45, 2.75) is 23.7 Å². The monoisotopic (exact) mass is 401 g/mol. The van der Waals surface area contributed by atoms with Crippen molar-refractivity contribution in [3.63, 3.8) is 0 Å². The minimum absolute atomic E-state index is 0.283. The van der Waals surface area contributed by atoms with Crippen molar-refractivity contribution in [1.82, 2.24) is 19.5 Å². The summed E-state index contributed by atoms with van der Waals surface area (Å²) in [6.07, 6.45) is 2.69. The van der Waals surface area contributed by atoms with Gasteiger partial charge in [0.2, 0.25) is 0 Å². The van der Waals surface area contributed by atoms with Gasteiger partial charge in [0.15, 0.2) is 23.2 Å². The van der Waals surface area contributed by atoms with E-state index in [4.69, 9.17) is 4.74 Å². The molecule has 1 fully saturated rings. The molecule has 0 bridgehead atoms. The lowest BCUT2D eigenvalue weighted by molar-refractivity contribution is -0.0430. The molecular formula is C18H19N5O4S. The van der Waals surface area contributed by atoms with Crippen LogP contribution in [0, 0.1) is 0 Å². The molecule has 3 heterocycles. The molecule has 9 nitrogen and oxygen atoms in total. The summed E-state index contributed by atoms with van der Waals surface area (Å²) in [7, 11) is 0. The van der Waals surface area contributed by atoms with Crippen LogP contribution in [0.25, 0.3) is 11.2 Å². The molecule has 1 aromatic carbocycles. The second kappa shape index (κ2) is 7.84.